The maximum Gasteiger partial charge on any atom is 0.337 e. The summed E-state index contributed by atoms with van der Waals surface area (Å²) >= 11 is 0. The molecule has 1 aromatic rings. The van der Waals surface area contributed by atoms with Crippen LogP contribution >= 0.6 is 0 Å². The number of aromatic carboxylic acids is 1. The Morgan fingerprint density at radius 1 is 1.45 bits per heavy atom. The molecule has 0 aliphatic carbocycles. The van der Waals surface area contributed by atoms with Crippen LogP contribution in [0.1, 0.15) is 42.2 Å². The van der Waals surface area contributed by atoms with Crippen molar-refractivity contribution in [2.75, 3.05) is 20.1 Å². The number of hydrogen-bond donors (Lipinski definition) is 1. The van der Waals surface area contributed by atoms with E-state index in [0.717, 1.165) is 25.8 Å². The summed E-state index contributed by atoms with van der Waals surface area (Å²) in [6.45, 7) is 3.90. The van der Waals surface area contributed by atoms with Crippen LogP contribution in [-0.2, 0) is 11.3 Å². The number of carbonyl (C=O) groups excluding carboxylic acids is 1. The number of unbranched alkanes of at least 4 members (excludes halogenated alkanes) is 1. The molecule has 2 rings (SSSR count). The third kappa shape index (κ3) is 3.62. The monoisotopic (exact) mass is 305 g/mol. The van der Waals surface area contributed by atoms with E-state index in [9.17, 15) is 14.7 Å². The molecule has 0 spiro atoms. The minimum atomic E-state index is -0.978. The standard InChI is InChI=1S/C16H23N3O3/c1-3-4-7-14-15(20)18(2)9-10-19(14)11-13-12(16(21)22)6-5-8-17-13/h5-6,8,14H,3-4,7,9-11H2,1-2H3,(H,21,22). The summed E-state index contributed by atoms with van der Waals surface area (Å²) in [5, 5.41) is 9.26. The molecule has 6 nitrogen and oxygen atoms in total. The van der Waals surface area contributed by atoms with Crippen LogP contribution in [0.4, 0.5) is 0 Å². The molecule has 0 saturated carbocycles. The van der Waals surface area contributed by atoms with E-state index in [1.165, 1.54) is 0 Å². The smallest absolute Gasteiger partial charge is 0.337 e. The molecule has 120 valence electrons. The molecule has 1 aliphatic heterocycles. The van der Waals surface area contributed by atoms with Crippen molar-refractivity contribution in [1.29, 1.82) is 0 Å². The molecule has 1 saturated heterocycles. The van der Waals surface area contributed by atoms with Gasteiger partial charge in [-0.25, -0.2) is 4.79 Å². The van der Waals surface area contributed by atoms with Crippen LogP contribution in [-0.4, -0.2) is 57.9 Å². The van der Waals surface area contributed by atoms with Crippen molar-refractivity contribution in [3.8, 4) is 0 Å². The number of pyridine rings is 1. The number of aromatic nitrogens is 1. The van der Waals surface area contributed by atoms with Gasteiger partial charge in [0.1, 0.15) is 0 Å². The first-order valence-corrected chi connectivity index (χ1v) is 7.70. The highest BCUT2D eigenvalue weighted by Crippen LogP contribution is 2.19. The number of likely N-dealkylation sites (N-methyl/N-ethyl adjacent to an activating group) is 1. The third-order valence-electron chi connectivity index (χ3n) is 4.13. The Bertz CT molecular complexity index is 547. The van der Waals surface area contributed by atoms with E-state index in [-0.39, 0.29) is 17.5 Å². The number of rotatable bonds is 6. The number of carbonyl (C=O) groups is 2. The number of carboxylic acids is 1. The van der Waals surface area contributed by atoms with Crippen LogP contribution < -0.4 is 0 Å². The van der Waals surface area contributed by atoms with E-state index in [0.29, 0.717) is 18.8 Å². The average Bonchev–Trinajstić information content (AvgIpc) is 2.51. The first kappa shape index (κ1) is 16.4. The largest absolute Gasteiger partial charge is 0.478 e. The predicted molar refractivity (Wildman–Crippen MR) is 82.6 cm³/mol. The Hall–Kier alpha value is -1.95. The van der Waals surface area contributed by atoms with E-state index >= 15 is 0 Å². The first-order valence-electron chi connectivity index (χ1n) is 7.70. The molecule has 1 N–H and O–H groups in total. The van der Waals surface area contributed by atoms with E-state index < -0.39 is 5.97 Å². The third-order valence-corrected chi connectivity index (χ3v) is 4.13. The summed E-state index contributed by atoms with van der Waals surface area (Å²) in [5.41, 5.74) is 0.733. The van der Waals surface area contributed by atoms with Gasteiger partial charge in [0.15, 0.2) is 0 Å². The number of nitrogens with zero attached hydrogens (tertiary/aromatic N) is 3. The van der Waals surface area contributed by atoms with Crippen molar-refractivity contribution in [2.24, 2.45) is 0 Å². The number of amides is 1. The van der Waals surface area contributed by atoms with Crippen molar-refractivity contribution >= 4 is 11.9 Å². The molecule has 22 heavy (non-hydrogen) atoms. The fourth-order valence-corrected chi connectivity index (χ4v) is 2.80. The lowest BCUT2D eigenvalue weighted by atomic mass is 10.0. The van der Waals surface area contributed by atoms with Crippen molar-refractivity contribution in [3.05, 3.63) is 29.6 Å². The zero-order valence-corrected chi connectivity index (χ0v) is 13.2. The van der Waals surface area contributed by atoms with Crippen LogP contribution in [0.2, 0.25) is 0 Å². The highest BCUT2D eigenvalue weighted by atomic mass is 16.4. The second-order valence-corrected chi connectivity index (χ2v) is 5.69. The second-order valence-electron chi connectivity index (χ2n) is 5.69. The zero-order valence-electron chi connectivity index (χ0n) is 13.2. The van der Waals surface area contributed by atoms with Crippen molar-refractivity contribution in [2.45, 2.75) is 38.8 Å². The van der Waals surface area contributed by atoms with Gasteiger partial charge in [0.05, 0.1) is 17.3 Å². The molecule has 1 aliphatic rings. The lowest BCUT2D eigenvalue weighted by Crippen LogP contribution is -2.55. The van der Waals surface area contributed by atoms with E-state index in [1.54, 1.807) is 23.2 Å². The highest BCUT2D eigenvalue weighted by Gasteiger charge is 2.33. The van der Waals surface area contributed by atoms with Gasteiger partial charge in [-0.2, -0.15) is 0 Å². The molecule has 1 unspecified atom stereocenters. The molecule has 0 bridgehead atoms. The Morgan fingerprint density at radius 3 is 2.91 bits per heavy atom. The molecule has 0 aromatic carbocycles. The average molecular weight is 305 g/mol. The Balaban J connectivity index is 2.19. The minimum Gasteiger partial charge on any atom is -0.478 e. The van der Waals surface area contributed by atoms with E-state index in [2.05, 4.69) is 16.8 Å². The normalized spacial score (nSPS) is 19.5. The fourth-order valence-electron chi connectivity index (χ4n) is 2.80. The lowest BCUT2D eigenvalue weighted by Gasteiger charge is -2.39. The lowest BCUT2D eigenvalue weighted by molar-refractivity contribution is -0.140. The molecule has 0 radical (unpaired) electrons. The van der Waals surface area contributed by atoms with Crippen LogP contribution in [0.25, 0.3) is 0 Å². The van der Waals surface area contributed by atoms with Gasteiger partial charge in [-0.1, -0.05) is 19.8 Å². The van der Waals surface area contributed by atoms with Crippen molar-refractivity contribution < 1.29 is 14.7 Å². The topological polar surface area (TPSA) is 73.7 Å². The van der Waals surface area contributed by atoms with Gasteiger partial charge in [-0.3, -0.25) is 14.7 Å². The number of hydrogen-bond acceptors (Lipinski definition) is 4. The molecular formula is C16H23N3O3. The van der Waals surface area contributed by atoms with Crippen LogP contribution in [0, 0.1) is 0 Å². The summed E-state index contributed by atoms with van der Waals surface area (Å²) < 4.78 is 0. The van der Waals surface area contributed by atoms with Crippen molar-refractivity contribution in [1.82, 2.24) is 14.8 Å². The summed E-state index contributed by atoms with van der Waals surface area (Å²) in [6.07, 6.45) is 4.41. The zero-order chi connectivity index (χ0) is 16.1. The molecule has 2 heterocycles. The van der Waals surface area contributed by atoms with Crippen molar-refractivity contribution in [3.63, 3.8) is 0 Å². The van der Waals surface area contributed by atoms with Gasteiger partial charge < -0.3 is 10.0 Å². The molecule has 1 fully saturated rings. The summed E-state index contributed by atoms with van der Waals surface area (Å²) in [6, 6.07) is 3.00. The summed E-state index contributed by atoms with van der Waals surface area (Å²) in [5.74, 6) is -0.860. The molecule has 1 amide bonds. The maximum absolute atomic E-state index is 12.4. The van der Waals surface area contributed by atoms with Gasteiger partial charge in [0.2, 0.25) is 5.91 Å². The van der Waals surface area contributed by atoms with E-state index in [1.807, 2.05) is 7.05 Å². The van der Waals surface area contributed by atoms with Gasteiger partial charge in [0.25, 0.3) is 0 Å². The summed E-state index contributed by atoms with van der Waals surface area (Å²) in [7, 11) is 1.82. The minimum absolute atomic E-state index is 0.118. The Morgan fingerprint density at radius 2 is 2.23 bits per heavy atom. The van der Waals surface area contributed by atoms with Gasteiger partial charge in [-0.05, 0) is 18.6 Å². The Labute approximate surface area is 130 Å². The summed E-state index contributed by atoms with van der Waals surface area (Å²) in [4.78, 5) is 31.7. The molecule has 1 aromatic heterocycles. The number of piperazine rings is 1. The highest BCUT2D eigenvalue weighted by molar-refractivity contribution is 5.88. The van der Waals surface area contributed by atoms with Crippen LogP contribution in [0.5, 0.6) is 0 Å². The van der Waals surface area contributed by atoms with E-state index in [4.69, 9.17) is 0 Å². The SMILES string of the molecule is CCCCC1C(=O)N(C)CCN1Cc1ncccc1C(=O)O. The molecular weight excluding hydrogens is 282 g/mol. The quantitative estimate of drug-likeness (QED) is 0.864. The first-order chi connectivity index (χ1) is 10.5. The maximum atomic E-state index is 12.4. The van der Waals surface area contributed by atoms with Crippen LogP contribution in [0.3, 0.4) is 0 Å². The van der Waals surface area contributed by atoms with Gasteiger partial charge in [-0.15, -0.1) is 0 Å². The van der Waals surface area contributed by atoms with Gasteiger partial charge >= 0.3 is 5.97 Å². The predicted octanol–water partition coefficient (Wildman–Crippen LogP) is 1.61. The Kier molecular flexibility index (Phi) is 5.49. The fraction of sp³-hybridized carbons (Fsp3) is 0.562. The molecule has 6 heteroatoms. The second kappa shape index (κ2) is 7.35. The van der Waals surface area contributed by atoms with Crippen LogP contribution in [0.15, 0.2) is 18.3 Å². The molecule has 1 atom stereocenters. The van der Waals surface area contributed by atoms with Gasteiger partial charge in [0, 0.05) is 32.9 Å². The number of carboxylic acid groups (broad SMARTS) is 1.